The highest BCUT2D eigenvalue weighted by molar-refractivity contribution is 7.99. The molecule has 0 aliphatic heterocycles. The number of hydrazine groups is 1. The first-order valence-electron chi connectivity index (χ1n) is 10.1. The van der Waals surface area contributed by atoms with Crippen molar-refractivity contribution in [3.05, 3.63) is 101 Å². The van der Waals surface area contributed by atoms with Crippen LogP contribution in [0.3, 0.4) is 0 Å². The summed E-state index contributed by atoms with van der Waals surface area (Å²) < 4.78 is 5.96. The number of nitrogens with zero attached hydrogens (tertiary/aromatic N) is 2. The van der Waals surface area contributed by atoms with Gasteiger partial charge in [0.05, 0.1) is 10.7 Å². The van der Waals surface area contributed by atoms with Crippen LogP contribution in [-0.4, -0.2) is 27.5 Å². The molecule has 1 heterocycles. The zero-order valence-corrected chi connectivity index (χ0v) is 18.5. The molecule has 0 fully saturated rings. The van der Waals surface area contributed by atoms with Gasteiger partial charge in [-0.15, -0.1) is 0 Å². The van der Waals surface area contributed by atoms with Gasteiger partial charge in [-0.1, -0.05) is 72.4 Å². The molecule has 2 amide bonds. The van der Waals surface area contributed by atoms with Crippen molar-refractivity contribution in [1.29, 1.82) is 0 Å². The summed E-state index contributed by atoms with van der Waals surface area (Å²) >= 11 is 1.09. The van der Waals surface area contributed by atoms with E-state index >= 15 is 0 Å². The lowest BCUT2D eigenvalue weighted by atomic mass is 10.1. The normalized spacial score (nSPS) is 10.5. The lowest BCUT2D eigenvalue weighted by Crippen LogP contribution is -2.42. The van der Waals surface area contributed by atoms with Crippen LogP contribution >= 0.6 is 11.8 Å². The number of hydrogen-bond acceptors (Lipinski definition) is 7. The number of benzene rings is 3. The Hall–Kier alpha value is -4.44. The number of rotatable bonds is 7. The number of thioether (sulfide) groups is 1. The van der Waals surface area contributed by atoms with Crippen molar-refractivity contribution < 1.29 is 18.9 Å². The van der Waals surface area contributed by atoms with E-state index in [9.17, 15) is 19.7 Å². The number of nitrogens with one attached hydrogen (secondary N) is 2. The first-order chi connectivity index (χ1) is 16.5. The molecule has 0 unspecified atom stereocenters. The van der Waals surface area contributed by atoms with Crippen LogP contribution in [0.5, 0.6) is 0 Å². The topological polar surface area (TPSA) is 127 Å². The van der Waals surface area contributed by atoms with Crippen LogP contribution in [-0.2, 0) is 4.79 Å². The summed E-state index contributed by atoms with van der Waals surface area (Å²) in [6.07, 6.45) is 0. The number of nitro groups is 1. The molecule has 170 valence electrons. The van der Waals surface area contributed by atoms with Crippen LogP contribution in [0.4, 0.5) is 5.69 Å². The van der Waals surface area contributed by atoms with Crippen LogP contribution in [0.2, 0.25) is 0 Å². The van der Waals surface area contributed by atoms with Gasteiger partial charge < -0.3 is 4.42 Å². The van der Waals surface area contributed by atoms with E-state index in [2.05, 4.69) is 15.8 Å². The second kappa shape index (κ2) is 10.5. The summed E-state index contributed by atoms with van der Waals surface area (Å²) in [5.41, 5.74) is 7.05. The zero-order valence-electron chi connectivity index (χ0n) is 17.6. The van der Waals surface area contributed by atoms with Gasteiger partial charge >= 0.3 is 0 Å². The molecule has 10 heteroatoms. The average Bonchev–Trinajstić information content (AvgIpc) is 3.31. The van der Waals surface area contributed by atoms with E-state index in [1.54, 1.807) is 0 Å². The van der Waals surface area contributed by atoms with Gasteiger partial charge in [0.25, 0.3) is 16.8 Å². The van der Waals surface area contributed by atoms with E-state index in [-0.39, 0.29) is 17.0 Å². The van der Waals surface area contributed by atoms with Crippen LogP contribution in [0.15, 0.2) is 94.6 Å². The Morgan fingerprint density at radius 3 is 2.12 bits per heavy atom. The molecule has 4 rings (SSSR count). The summed E-state index contributed by atoms with van der Waals surface area (Å²) in [5.74, 6) is -0.520. The minimum absolute atomic E-state index is 0.0521. The Morgan fingerprint density at radius 1 is 0.882 bits per heavy atom. The second-order valence-corrected chi connectivity index (χ2v) is 7.91. The molecule has 0 saturated carbocycles. The molecule has 0 aliphatic carbocycles. The largest absolute Gasteiger partial charge is 0.431 e. The van der Waals surface area contributed by atoms with E-state index in [1.165, 1.54) is 24.3 Å². The number of nitro benzene ring substituents is 1. The molecule has 0 bridgehead atoms. The lowest BCUT2D eigenvalue weighted by molar-refractivity contribution is -0.384. The summed E-state index contributed by atoms with van der Waals surface area (Å²) in [4.78, 5) is 39.1. The van der Waals surface area contributed by atoms with Gasteiger partial charge in [0.15, 0.2) is 5.76 Å². The third kappa shape index (κ3) is 5.48. The average molecular weight is 474 g/mol. The second-order valence-electron chi connectivity index (χ2n) is 6.98. The number of hydrogen-bond donors (Lipinski definition) is 2. The summed E-state index contributed by atoms with van der Waals surface area (Å²) in [6, 6.07) is 24.2. The molecule has 0 saturated heterocycles. The molecule has 34 heavy (non-hydrogen) atoms. The Morgan fingerprint density at radius 2 is 1.50 bits per heavy atom. The molecule has 0 atom stereocenters. The molecule has 4 aromatic rings. The smallest absolute Gasteiger partial charge is 0.269 e. The van der Waals surface area contributed by atoms with Crippen LogP contribution in [0.1, 0.15) is 10.4 Å². The molecular formula is C24H18N4O5S. The first-order valence-corrected chi connectivity index (χ1v) is 11.1. The Bertz CT molecular complexity index is 1250. The minimum Gasteiger partial charge on any atom is -0.431 e. The maximum atomic E-state index is 12.2. The van der Waals surface area contributed by atoms with E-state index in [0.717, 1.165) is 22.9 Å². The van der Waals surface area contributed by atoms with Gasteiger partial charge in [0.1, 0.15) is 5.69 Å². The fourth-order valence-electron chi connectivity index (χ4n) is 3.04. The Kier molecular flexibility index (Phi) is 6.99. The first kappa shape index (κ1) is 22.7. The Labute approximate surface area is 198 Å². The standard InChI is InChI=1S/C24H18N4O5S/c29-20(26-27-23(30)18-11-13-19(14-12-18)28(31)32)15-34-24-25-21(16-7-3-1-4-8-16)22(33-24)17-9-5-2-6-10-17/h1-14H,15H2,(H,26,29)(H,27,30). The fraction of sp³-hybridized carbons (Fsp3) is 0.0417. The van der Waals surface area contributed by atoms with Gasteiger partial charge in [-0.25, -0.2) is 4.98 Å². The summed E-state index contributed by atoms with van der Waals surface area (Å²) in [6.45, 7) is 0. The highest BCUT2D eigenvalue weighted by Crippen LogP contribution is 2.35. The van der Waals surface area contributed by atoms with E-state index < -0.39 is 16.7 Å². The maximum Gasteiger partial charge on any atom is 0.269 e. The fourth-order valence-corrected chi connectivity index (χ4v) is 3.66. The number of carbonyl (C=O) groups excluding carboxylic acids is 2. The summed E-state index contributed by atoms with van der Waals surface area (Å²) in [7, 11) is 0. The number of aromatic nitrogens is 1. The SMILES string of the molecule is O=C(CSc1nc(-c2ccccc2)c(-c2ccccc2)o1)NNC(=O)c1ccc([N+](=O)[O-])cc1. The van der Waals surface area contributed by atoms with Gasteiger partial charge in [0, 0.05) is 28.8 Å². The quantitative estimate of drug-likeness (QED) is 0.230. The predicted octanol–water partition coefficient (Wildman–Crippen LogP) is 4.47. The molecule has 0 aliphatic rings. The monoisotopic (exact) mass is 474 g/mol. The third-order valence-corrected chi connectivity index (χ3v) is 5.50. The van der Waals surface area contributed by atoms with Crippen LogP contribution < -0.4 is 10.9 Å². The highest BCUT2D eigenvalue weighted by atomic mass is 32.2. The van der Waals surface area contributed by atoms with Crippen molar-refractivity contribution in [3.8, 4) is 22.6 Å². The van der Waals surface area contributed by atoms with Crippen LogP contribution in [0.25, 0.3) is 22.6 Å². The number of non-ortho nitro benzene ring substituents is 1. The minimum atomic E-state index is -0.595. The van der Waals surface area contributed by atoms with Gasteiger partial charge in [-0.05, 0) is 12.1 Å². The van der Waals surface area contributed by atoms with Crippen LogP contribution in [0, 0.1) is 10.1 Å². The maximum absolute atomic E-state index is 12.2. The third-order valence-electron chi connectivity index (χ3n) is 4.67. The van der Waals surface area contributed by atoms with Crippen molar-refractivity contribution >= 4 is 29.3 Å². The van der Waals surface area contributed by atoms with Crippen molar-refractivity contribution in [2.75, 3.05) is 5.75 Å². The van der Waals surface area contributed by atoms with Crippen molar-refractivity contribution in [2.45, 2.75) is 5.22 Å². The Balaban J connectivity index is 1.39. The predicted molar refractivity (Wildman–Crippen MR) is 127 cm³/mol. The van der Waals surface area contributed by atoms with Gasteiger partial charge in [-0.3, -0.25) is 30.6 Å². The van der Waals surface area contributed by atoms with E-state index in [1.807, 2.05) is 60.7 Å². The van der Waals surface area contributed by atoms with Crippen molar-refractivity contribution in [1.82, 2.24) is 15.8 Å². The molecule has 0 radical (unpaired) electrons. The molecule has 3 aromatic carbocycles. The van der Waals surface area contributed by atoms with E-state index in [0.29, 0.717) is 16.7 Å². The van der Waals surface area contributed by atoms with Crippen molar-refractivity contribution in [2.24, 2.45) is 0 Å². The van der Waals surface area contributed by atoms with Crippen molar-refractivity contribution in [3.63, 3.8) is 0 Å². The molecule has 2 N–H and O–H groups in total. The van der Waals surface area contributed by atoms with Gasteiger partial charge in [0.2, 0.25) is 5.91 Å². The van der Waals surface area contributed by atoms with E-state index in [4.69, 9.17) is 4.42 Å². The zero-order chi connectivity index (χ0) is 23.9. The molecule has 1 aromatic heterocycles. The molecular weight excluding hydrogens is 456 g/mol. The number of oxazole rings is 1. The molecule has 9 nitrogen and oxygen atoms in total. The number of amides is 2. The van der Waals surface area contributed by atoms with Gasteiger partial charge in [-0.2, -0.15) is 0 Å². The highest BCUT2D eigenvalue weighted by Gasteiger charge is 2.18. The lowest BCUT2D eigenvalue weighted by Gasteiger charge is -2.06. The number of carbonyl (C=O) groups is 2. The molecule has 0 spiro atoms. The summed E-state index contributed by atoms with van der Waals surface area (Å²) in [5, 5.41) is 11.0.